The summed E-state index contributed by atoms with van der Waals surface area (Å²) >= 11 is 1.88. The van der Waals surface area contributed by atoms with Crippen molar-refractivity contribution < 1.29 is 27.8 Å². The highest BCUT2D eigenvalue weighted by Gasteiger charge is 2.32. The van der Waals surface area contributed by atoms with E-state index in [1.165, 1.54) is 12.1 Å². The van der Waals surface area contributed by atoms with Crippen LogP contribution in [-0.4, -0.2) is 17.4 Å². The molecule has 16 heavy (non-hydrogen) atoms. The van der Waals surface area contributed by atoms with E-state index >= 15 is 0 Å². The first kappa shape index (κ1) is 13.1. The number of carboxylic acids is 1. The fraction of sp³-hybridized carbons (Fsp3) is 0.222. The number of carbonyl (C=O) groups is 1. The molecule has 0 amide bonds. The summed E-state index contributed by atoms with van der Waals surface area (Å²) in [4.78, 5) is 10.5. The lowest BCUT2D eigenvalue weighted by atomic mass is 10.1. The van der Waals surface area contributed by atoms with E-state index in [1.54, 1.807) is 0 Å². The topological polar surface area (TPSA) is 46.5 Å². The standard InChI is InChI=1S/C9H6F3IO3/c10-9(11,12)16-7-2-1-6(13)3-5(7)4-8(14)15/h1-3H,4H2,(H,14,15). The molecular formula is C9H6F3IO3. The number of halogens is 4. The number of hydrogen-bond donors (Lipinski definition) is 1. The van der Waals surface area contributed by atoms with Crippen molar-refractivity contribution in [2.75, 3.05) is 0 Å². The van der Waals surface area contributed by atoms with Gasteiger partial charge in [0, 0.05) is 9.13 Å². The van der Waals surface area contributed by atoms with Gasteiger partial charge in [-0.05, 0) is 40.8 Å². The van der Waals surface area contributed by atoms with Gasteiger partial charge in [-0.2, -0.15) is 0 Å². The first-order chi connectivity index (χ1) is 7.28. The third kappa shape index (κ3) is 4.25. The van der Waals surface area contributed by atoms with Crippen LogP contribution in [0.5, 0.6) is 5.75 Å². The molecule has 0 bridgehead atoms. The van der Waals surface area contributed by atoms with Crippen LogP contribution in [0.15, 0.2) is 18.2 Å². The third-order valence-corrected chi connectivity index (χ3v) is 2.26. The molecule has 0 heterocycles. The number of rotatable bonds is 3. The number of benzene rings is 1. The summed E-state index contributed by atoms with van der Waals surface area (Å²) in [7, 11) is 0. The van der Waals surface area contributed by atoms with Crippen molar-refractivity contribution in [3.8, 4) is 5.75 Å². The van der Waals surface area contributed by atoms with E-state index in [0.717, 1.165) is 6.07 Å². The number of aliphatic carboxylic acids is 1. The van der Waals surface area contributed by atoms with Gasteiger partial charge in [-0.3, -0.25) is 4.79 Å². The first-order valence-electron chi connectivity index (χ1n) is 4.04. The van der Waals surface area contributed by atoms with E-state index in [0.29, 0.717) is 3.57 Å². The van der Waals surface area contributed by atoms with Gasteiger partial charge in [0.1, 0.15) is 5.75 Å². The Morgan fingerprint density at radius 3 is 2.56 bits per heavy atom. The number of carboxylic acid groups (broad SMARTS) is 1. The van der Waals surface area contributed by atoms with Crippen LogP contribution >= 0.6 is 22.6 Å². The maximum atomic E-state index is 12.0. The van der Waals surface area contributed by atoms with Crippen molar-refractivity contribution in [1.82, 2.24) is 0 Å². The van der Waals surface area contributed by atoms with Crippen LogP contribution in [0.4, 0.5) is 13.2 Å². The Bertz CT molecular complexity index is 403. The molecule has 0 aromatic heterocycles. The largest absolute Gasteiger partial charge is 0.573 e. The molecule has 0 saturated carbocycles. The van der Waals surface area contributed by atoms with E-state index in [1.807, 2.05) is 22.6 Å². The van der Waals surface area contributed by atoms with E-state index < -0.39 is 24.5 Å². The average molecular weight is 346 g/mol. The molecule has 0 aliphatic rings. The zero-order chi connectivity index (χ0) is 12.3. The second-order valence-electron chi connectivity index (χ2n) is 2.87. The molecule has 0 atom stereocenters. The molecule has 1 aromatic rings. The van der Waals surface area contributed by atoms with Crippen molar-refractivity contribution in [2.45, 2.75) is 12.8 Å². The highest BCUT2D eigenvalue weighted by Crippen LogP contribution is 2.28. The normalized spacial score (nSPS) is 11.2. The Morgan fingerprint density at radius 2 is 2.06 bits per heavy atom. The van der Waals surface area contributed by atoms with Crippen molar-refractivity contribution >= 4 is 28.6 Å². The summed E-state index contributed by atoms with van der Waals surface area (Å²) in [6, 6.07) is 3.86. The van der Waals surface area contributed by atoms with Gasteiger partial charge in [0.05, 0.1) is 6.42 Å². The fourth-order valence-corrected chi connectivity index (χ4v) is 1.63. The Morgan fingerprint density at radius 1 is 1.44 bits per heavy atom. The second-order valence-corrected chi connectivity index (χ2v) is 4.12. The van der Waals surface area contributed by atoms with Gasteiger partial charge < -0.3 is 9.84 Å². The lowest BCUT2D eigenvalue weighted by molar-refractivity contribution is -0.274. The van der Waals surface area contributed by atoms with Gasteiger partial charge in [-0.1, -0.05) is 0 Å². The molecular weight excluding hydrogens is 340 g/mol. The van der Waals surface area contributed by atoms with Gasteiger partial charge in [0.15, 0.2) is 0 Å². The summed E-state index contributed by atoms with van der Waals surface area (Å²) in [6.07, 6.45) is -5.33. The summed E-state index contributed by atoms with van der Waals surface area (Å²) in [5.41, 5.74) is -0.00303. The molecule has 1 N–H and O–H groups in total. The van der Waals surface area contributed by atoms with Crippen LogP contribution < -0.4 is 4.74 Å². The summed E-state index contributed by atoms with van der Waals surface area (Å²) in [6.45, 7) is 0. The van der Waals surface area contributed by atoms with Gasteiger partial charge in [-0.25, -0.2) is 0 Å². The van der Waals surface area contributed by atoms with Crippen LogP contribution in [0.25, 0.3) is 0 Å². The molecule has 7 heteroatoms. The minimum atomic E-state index is -4.82. The van der Waals surface area contributed by atoms with Crippen LogP contribution in [0.1, 0.15) is 5.56 Å². The van der Waals surface area contributed by atoms with Crippen molar-refractivity contribution in [1.29, 1.82) is 0 Å². The molecule has 0 aliphatic carbocycles. The molecule has 0 fully saturated rings. The minimum absolute atomic E-state index is 0.00303. The molecule has 0 radical (unpaired) electrons. The molecule has 3 nitrogen and oxygen atoms in total. The molecule has 88 valence electrons. The third-order valence-electron chi connectivity index (χ3n) is 1.59. The number of alkyl halides is 3. The fourth-order valence-electron chi connectivity index (χ4n) is 1.07. The van der Waals surface area contributed by atoms with Crippen molar-refractivity contribution in [3.05, 3.63) is 27.3 Å². The molecule has 0 unspecified atom stereocenters. The molecule has 0 saturated heterocycles. The summed E-state index contributed by atoms with van der Waals surface area (Å²) in [5.74, 6) is -1.69. The quantitative estimate of drug-likeness (QED) is 0.857. The lowest BCUT2D eigenvalue weighted by Gasteiger charge is -2.12. The van der Waals surface area contributed by atoms with Crippen LogP contribution in [0, 0.1) is 3.57 Å². The first-order valence-corrected chi connectivity index (χ1v) is 5.12. The number of ether oxygens (including phenoxy) is 1. The summed E-state index contributed by atoms with van der Waals surface area (Å²) < 4.78 is 40.3. The predicted octanol–water partition coefficient (Wildman–Crippen LogP) is 2.82. The monoisotopic (exact) mass is 346 g/mol. The Hall–Kier alpha value is -0.990. The highest BCUT2D eigenvalue weighted by atomic mass is 127. The van der Waals surface area contributed by atoms with Crippen LogP contribution in [0.2, 0.25) is 0 Å². The van der Waals surface area contributed by atoms with Gasteiger partial charge in [-0.15, -0.1) is 13.2 Å². The second kappa shape index (κ2) is 4.89. The van der Waals surface area contributed by atoms with Crippen LogP contribution in [0.3, 0.4) is 0 Å². The Balaban J connectivity index is 3.02. The van der Waals surface area contributed by atoms with Gasteiger partial charge in [0.2, 0.25) is 0 Å². The molecule has 1 rings (SSSR count). The molecule has 1 aromatic carbocycles. The molecule has 0 aliphatic heterocycles. The average Bonchev–Trinajstić information content (AvgIpc) is 2.06. The smallest absolute Gasteiger partial charge is 0.481 e. The Labute approximate surface area is 102 Å². The van der Waals surface area contributed by atoms with Crippen molar-refractivity contribution in [3.63, 3.8) is 0 Å². The summed E-state index contributed by atoms with van der Waals surface area (Å²) in [5, 5.41) is 8.54. The van der Waals surface area contributed by atoms with E-state index in [-0.39, 0.29) is 5.56 Å². The van der Waals surface area contributed by atoms with Crippen LogP contribution in [-0.2, 0) is 11.2 Å². The van der Waals surface area contributed by atoms with Gasteiger partial charge >= 0.3 is 12.3 Å². The maximum absolute atomic E-state index is 12.0. The van der Waals surface area contributed by atoms with Crippen molar-refractivity contribution in [2.24, 2.45) is 0 Å². The lowest BCUT2D eigenvalue weighted by Crippen LogP contribution is -2.18. The zero-order valence-electron chi connectivity index (χ0n) is 7.71. The van der Waals surface area contributed by atoms with E-state index in [4.69, 9.17) is 5.11 Å². The van der Waals surface area contributed by atoms with E-state index in [2.05, 4.69) is 4.74 Å². The number of hydrogen-bond acceptors (Lipinski definition) is 2. The zero-order valence-corrected chi connectivity index (χ0v) is 9.87. The maximum Gasteiger partial charge on any atom is 0.573 e. The highest BCUT2D eigenvalue weighted by molar-refractivity contribution is 14.1. The van der Waals surface area contributed by atoms with Gasteiger partial charge in [0.25, 0.3) is 0 Å². The SMILES string of the molecule is O=C(O)Cc1cc(I)ccc1OC(F)(F)F. The predicted molar refractivity (Wildman–Crippen MR) is 57.2 cm³/mol. The molecule has 0 spiro atoms. The minimum Gasteiger partial charge on any atom is -0.481 e. The van der Waals surface area contributed by atoms with E-state index in [9.17, 15) is 18.0 Å². The Kier molecular flexibility index (Phi) is 4.00.